The second-order valence-electron chi connectivity index (χ2n) is 4.52. The highest BCUT2D eigenvalue weighted by Gasteiger charge is 2.17. The SMILES string of the molecule is Brc1cnc2nnn(CC3=CCc4ncccc43)c2n1. The molecule has 0 N–H and O–H groups in total. The molecule has 0 saturated heterocycles. The van der Waals surface area contributed by atoms with Gasteiger partial charge in [0.2, 0.25) is 5.65 Å². The Labute approximate surface area is 122 Å². The summed E-state index contributed by atoms with van der Waals surface area (Å²) in [4.78, 5) is 12.9. The lowest BCUT2D eigenvalue weighted by molar-refractivity contribution is 0.685. The summed E-state index contributed by atoms with van der Waals surface area (Å²) in [7, 11) is 0. The van der Waals surface area contributed by atoms with Gasteiger partial charge in [0.1, 0.15) is 4.60 Å². The van der Waals surface area contributed by atoms with Crippen LogP contribution in [0.1, 0.15) is 11.3 Å². The molecule has 0 saturated carbocycles. The van der Waals surface area contributed by atoms with Gasteiger partial charge in [-0.3, -0.25) is 4.98 Å². The van der Waals surface area contributed by atoms with Crippen molar-refractivity contribution >= 4 is 32.8 Å². The summed E-state index contributed by atoms with van der Waals surface area (Å²) in [5, 5.41) is 8.17. The zero-order chi connectivity index (χ0) is 13.5. The van der Waals surface area contributed by atoms with Crippen LogP contribution in [0, 0.1) is 0 Å². The fraction of sp³-hybridized carbons (Fsp3) is 0.154. The lowest BCUT2D eigenvalue weighted by Gasteiger charge is -2.05. The van der Waals surface area contributed by atoms with Crippen molar-refractivity contribution in [3.05, 3.63) is 46.5 Å². The third-order valence-corrected chi connectivity index (χ3v) is 3.68. The monoisotopic (exact) mass is 328 g/mol. The first kappa shape index (κ1) is 11.7. The van der Waals surface area contributed by atoms with Gasteiger partial charge >= 0.3 is 0 Å². The average Bonchev–Trinajstić information content (AvgIpc) is 3.05. The fourth-order valence-corrected chi connectivity index (χ4v) is 2.65. The molecule has 4 rings (SSSR count). The van der Waals surface area contributed by atoms with Crippen molar-refractivity contribution in [1.29, 1.82) is 0 Å². The van der Waals surface area contributed by atoms with E-state index in [4.69, 9.17) is 0 Å². The van der Waals surface area contributed by atoms with Gasteiger partial charge in [-0.2, -0.15) is 0 Å². The molecule has 1 aliphatic rings. The number of pyridine rings is 1. The number of rotatable bonds is 2. The molecule has 1 aliphatic carbocycles. The number of fused-ring (bicyclic) bond motifs is 2. The molecule has 0 unspecified atom stereocenters. The average molecular weight is 329 g/mol. The molecule has 3 heterocycles. The molecule has 7 heteroatoms. The predicted molar refractivity (Wildman–Crippen MR) is 76.7 cm³/mol. The van der Waals surface area contributed by atoms with Crippen molar-refractivity contribution < 1.29 is 0 Å². The van der Waals surface area contributed by atoms with Gasteiger partial charge < -0.3 is 0 Å². The van der Waals surface area contributed by atoms with Crippen LogP contribution < -0.4 is 0 Å². The second-order valence-corrected chi connectivity index (χ2v) is 5.33. The largest absolute Gasteiger partial charge is 0.260 e. The molecule has 0 spiro atoms. The molecule has 0 atom stereocenters. The van der Waals surface area contributed by atoms with Gasteiger partial charge in [0.25, 0.3) is 0 Å². The molecule has 6 nitrogen and oxygen atoms in total. The highest BCUT2D eigenvalue weighted by molar-refractivity contribution is 9.10. The number of aromatic nitrogens is 6. The topological polar surface area (TPSA) is 69.4 Å². The number of halogens is 1. The van der Waals surface area contributed by atoms with Crippen LogP contribution in [0.4, 0.5) is 0 Å². The van der Waals surface area contributed by atoms with Crippen molar-refractivity contribution in [1.82, 2.24) is 29.9 Å². The molecule has 0 fully saturated rings. The molecule has 3 aromatic rings. The minimum atomic E-state index is 0.554. The molecule has 0 aliphatic heterocycles. The Morgan fingerprint density at radius 3 is 3.20 bits per heavy atom. The Morgan fingerprint density at radius 2 is 2.25 bits per heavy atom. The van der Waals surface area contributed by atoms with Crippen LogP contribution in [0.15, 0.2) is 35.2 Å². The van der Waals surface area contributed by atoms with Crippen molar-refractivity contribution in [3.8, 4) is 0 Å². The van der Waals surface area contributed by atoms with E-state index in [1.54, 1.807) is 10.9 Å². The van der Waals surface area contributed by atoms with Crippen LogP contribution in [-0.4, -0.2) is 29.9 Å². The third-order valence-electron chi connectivity index (χ3n) is 3.30. The summed E-state index contributed by atoms with van der Waals surface area (Å²) < 4.78 is 2.44. The number of nitrogens with zero attached hydrogens (tertiary/aromatic N) is 6. The standard InChI is InChI=1S/C13H9BrN6/c14-11-6-16-12-13(17-11)20(19-18-12)7-8-3-4-10-9(8)2-1-5-15-10/h1-3,5-6H,4,7H2. The van der Waals surface area contributed by atoms with E-state index in [9.17, 15) is 0 Å². The Balaban J connectivity index is 1.74. The molecule has 0 bridgehead atoms. The summed E-state index contributed by atoms with van der Waals surface area (Å²) in [6, 6.07) is 4.04. The van der Waals surface area contributed by atoms with Gasteiger partial charge in [0.15, 0.2) is 5.65 Å². The molecule has 98 valence electrons. The van der Waals surface area contributed by atoms with Crippen LogP contribution in [0.5, 0.6) is 0 Å². The molecule has 20 heavy (non-hydrogen) atoms. The highest BCUT2D eigenvalue weighted by Crippen LogP contribution is 2.27. The summed E-state index contributed by atoms with van der Waals surface area (Å²) in [6.45, 7) is 0.625. The van der Waals surface area contributed by atoms with E-state index in [2.05, 4.69) is 53.3 Å². The Kier molecular flexibility index (Phi) is 2.59. The van der Waals surface area contributed by atoms with Crippen molar-refractivity contribution in [2.75, 3.05) is 0 Å². The summed E-state index contributed by atoms with van der Waals surface area (Å²) in [5.74, 6) is 0. The van der Waals surface area contributed by atoms with Crippen LogP contribution in [-0.2, 0) is 13.0 Å². The van der Waals surface area contributed by atoms with Crippen LogP contribution in [0.2, 0.25) is 0 Å². The zero-order valence-corrected chi connectivity index (χ0v) is 11.9. The second kappa shape index (κ2) is 4.45. The van der Waals surface area contributed by atoms with Gasteiger partial charge in [-0.25, -0.2) is 14.6 Å². The third kappa shape index (κ3) is 1.82. The van der Waals surface area contributed by atoms with Crippen LogP contribution in [0.3, 0.4) is 0 Å². The van der Waals surface area contributed by atoms with Crippen molar-refractivity contribution in [2.24, 2.45) is 0 Å². The lowest BCUT2D eigenvalue weighted by Crippen LogP contribution is -2.03. The van der Waals surface area contributed by atoms with E-state index in [0.717, 1.165) is 12.1 Å². The van der Waals surface area contributed by atoms with Crippen molar-refractivity contribution in [2.45, 2.75) is 13.0 Å². The fourth-order valence-electron chi connectivity index (χ4n) is 2.38. The van der Waals surface area contributed by atoms with E-state index >= 15 is 0 Å². The first-order chi connectivity index (χ1) is 9.81. The molecule has 0 radical (unpaired) electrons. The first-order valence-electron chi connectivity index (χ1n) is 6.16. The summed E-state index contributed by atoms with van der Waals surface area (Å²) in [5.41, 5.74) is 4.72. The summed E-state index contributed by atoms with van der Waals surface area (Å²) in [6.07, 6.45) is 6.49. The van der Waals surface area contributed by atoms with E-state index in [-0.39, 0.29) is 0 Å². The van der Waals surface area contributed by atoms with Crippen molar-refractivity contribution in [3.63, 3.8) is 0 Å². The molecular formula is C13H9BrN6. The van der Waals surface area contributed by atoms with E-state index in [1.807, 2.05) is 12.3 Å². The molecule has 3 aromatic heterocycles. The summed E-state index contributed by atoms with van der Waals surface area (Å²) >= 11 is 3.32. The van der Waals surface area contributed by atoms with E-state index in [0.29, 0.717) is 22.4 Å². The maximum Gasteiger partial charge on any atom is 0.221 e. The quantitative estimate of drug-likeness (QED) is 0.719. The lowest BCUT2D eigenvalue weighted by atomic mass is 10.1. The Bertz CT molecular complexity index is 838. The highest BCUT2D eigenvalue weighted by atomic mass is 79.9. The maximum absolute atomic E-state index is 4.38. The van der Waals surface area contributed by atoms with Crippen LogP contribution >= 0.6 is 15.9 Å². The van der Waals surface area contributed by atoms with Gasteiger partial charge in [-0.05, 0) is 27.6 Å². The molecule has 0 aromatic carbocycles. The van der Waals surface area contributed by atoms with Gasteiger partial charge in [0.05, 0.1) is 18.4 Å². The van der Waals surface area contributed by atoms with Gasteiger partial charge in [-0.1, -0.05) is 17.4 Å². The minimum Gasteiger partial charge on any atom is -0.260 e. The normalized spacial score (nSPS) is 13.6. The number of allylic oxidation sites excluding steroid dienone is 2. The smallest absolute Gasteiger partial charge is 0.221 e. The first-order valence-corrected chi connectivity index (χ1v) is 6.95. The van der Waals surface area contributed by atoms with E-state index < -0.39 is 0 Å². The van der Waals surface area contributed by atoms with Crippen LogP contribution in [0.25, 0.3) is 16.9 Å². The van der Waals surface area contributed by atoms with E-state index in [1.165, 1.54) is 11.1 Å². The zero-order valence-electron chi connectivity index (χ0n) is 10.4. The molecule has 0 amide bonds. The van der Waals surface area contributed by atoms with Gasteiger partial charge in [0, 0.05) is 18.2 Å². The maximum atomic E-state index is 4.38. The number of hydrogen-bond acceptors (Lipinski definition) is 5. The minimum absolute atomic E-state index is 0.554. The Hall–Kier alpha value is -2.15. The molecular weight excluding hydrogens is 320 g/mol. The van der Waals surface area contributed by atoms with Gasteiger partial charge in [-0.15, -0.1) is 5.10 Å². The Morgan fingerprint density at radius 1 is 1.30 bits per heavy atom. The number of hydrogen-bond donors (Lipinski definition) is 0. The predicted octanol–water partition coefficient (Wildman–Crippen LogP) is 2.02.